The number of nitrogen functional groups attached to an aromatic ring is 1. The number of ketones is 1. The molecule has 0 radical (unpaired) electrons. The van der Waals surface area contributed by atoms with Gasteiger partial charge in [-0.3, -0.25) is 4.79 Å². The van der Waals surface area contributed by atoms with Crippen LogP contribution in [0.5, 0.6) is 5.75 Å². The Bertz CT molecular complexity index is 1010. The molecule has 0 amide bonds. The first-order chi connectivity index (χ1) is 13.5. The Hall–Kier alpha value is -3.60. The lowest BCUT2D eigenvalue weighted by Crippen LogP contribution is -2.12. The van der Waals surface area contributed by atoms with Crippen molar-refractivity contribution in [3.8, 4) is 5.75 Å². The number of esters is 1. The van der Waals surface area contributed by atoms with Crippen LogP contribution in [0.1, 0.15) is 37.4 Å². The van der Waals surface area contributed by atoms with Gasteiger partial charge in [0.2, 0.25) is 0 Å². The fraction of sp³-hybridized carbons (Fsp3) is 0.130. The highest BCUT2D eigenvalue weighted by Gasteiger charge is 2.21. The number of para-hydroxylation sites is 1. The van der Waals surface area contributed by atoms with E-state index in [1.165, 1.54) is 13.2 Å². The molecule has 3 rings (SSSR count). The Morgan fingerprint density at radius 3 is 2.21 bits per heavy atom. The van der Waals surface area contributed by atoms with E-state index in [9.17, 15) is 9.59 Å². The fourth-order valence-corrected chi connectivity index (χ4v) is 2.92. The van der Waals surface area contributed by atoms with E-state index in [1.807, 2.05) is 36.4 Å². The van der Waals surface area contributed by atoms with Gasteiger partial charge in [0.15, 0.2) is 5.78 Å². The summed E-state index contributed by atoms with van der Waals surface area (Å²) in [6, 6.07) is 19.9. The first-order valence-electron chi connectivity index (χ1n) is 8.80. The van der Waals surface area contributed by atoms with Crippen molar-refractivity contribution in [1.29, 1.82) is 0 Å². The van der Waals surface area contributed by atoms with Gasteiger partial charge in [0, 0.05) is 11.3 Å². The molecule has 142 valence electrons. The number of ether oxygens (including phenoxy) is 2. The molecule has 0 aliphatic heterocycles. The van der Waals surface area contributed by atoms with Crippen LogP contribution in [-0.2, 0) is 11.3 Å². The number of rotatable bonds is 6. The van der Waals surface area contributed by atoms with Gasteiger partial charge in [0.05, 0.1) is 18.2 Å². The third-order valence-corrected chi connectivity index (χ3v) is 4.53. The predicted molar refractivity (Wildman–Crippen MR) is 108 cm³/mol. The summed E-state index contributed by atoms with van der Waals surface area (Å²) in [5.41, 5.74) is 8.94. The molecule has 28 heavy (non-hydrogen) atoms. The number of benzene rings is 3. The van der Waals surface area contributed by atoms with E-state index in [-0.39, 0.29) is 17.0 Å². The molecule has 0 saturated carbocycles. The Balaban J connectivity index is 1.91. The molecular weight excluding hydrogens is 354 g/mol. The molecule has 5 heteroatoms. The highest BCUT2D eigenvalue weighted by Crippen LogP contribution is 2.28. The molecule has 0 aliphatic carbocycles. The molecule has 3 aromatic rings. The minimum Gasteiger partial charge on any atom is -0.488 e. The highest BCUT2D eigenvalue weighted by molar-refractivity contribution is 6.13. The summed E-state index contributed by atoms with van der Waals surface area (Å²) >= 11 is 0. The standard InChI is InChI=1S/C23H21NO4/c1-15-17(12-13-19(21(15)24)23(26)27-2)22(25)18-10-6-7-11-20(18)28-14-16-8-4-3-5-9-16/h3-13H,14,24H2,1-2H3. The van der Waals surface area contributed by atoms with Crippen molar-refractivity contribution in [3.63, 3.8) is 0 Å². The maximum atomic E-state index is 13.2. The Morgan fingerprint density at radius 2 is 1.50 bits per heavy atom. The molecule has 0 bridgehead atoms. The Kier molecular flexibility index (Phi) is 5.75. The topological polar surface area (TPSA) is 78.6 Å². The van der Waals surface area contributed by atoms with Crippen LogP contribution in [-0.4, -0.2) is 18.9 Å². The lowest BCUT2D eigenvalue weighted by Gasteiger charge is -2.14. The van der Waals surface area contributed by atoms with E-state index in [0.29, 0.717) is 29.0 Å². The van der Waals surface area contributed by atoms with Crippen LogP contribution in [0.15, 0.2) is 66.7 Å². The average molecular weight is 375 g/mol. The van der Waals surface area contributed by atoms with E-state index in [4.69, 9.17) is 15.2 Å². The molecule has 2 N–H and O–H groups in total. The molecule has 0 aliphatic rings. The van der Waals surface area contributed by atoms with Crippen LogP contribution in [0.3, 0.4) is 0 Å². The average Bonchev–Trinajstić information content (AvgIpc) is 2.74. The zero-order valence-corrected chi connectivity index (χ0v) is 15.8. The molecular formula is C23H21NO4. The van der Waals surface area contributed by atoms with Gasteiger partial charge in [-0.15, -0.1) is 0 Å². The summed E-state index contributed by atoms with van der Waals surface area (Å²) in [6.45, 7) is 2.07. The monoisotopic (exact) mass is 375 g/mol. The number of hydrogen-bond donors (Lipinski definition) is 1. The summed E-state index contributed by atoms with van der Waals surface area (Å²) in [5.74, 6) is -0.262. The summed E-state index contributed by atoms with van der Waals surface area (Å²) < 4.78 is 10.6. The van der Waals surface area contributed by atoms with Gasteiger partial charge in [-0.1, -0.05) is 42.5 Å². The number of nitrogens with two attached hydrogens (primary N) is 1. The molecule has 0 spiro atoms. The van der Waals surface area contributed by atoms with Crippen molar-refractivity contribution in [2.24, 2.45) is 0 Å². The smallest absolute Gasteiger partial charge is 0.339 e. The van der Waals surface area contributed by atoms with Crippen LogP contribution in [0.2, 0.25) is 0 Å². The van der Waals surface area contributed by atoms with Gasteiger partial charge in [-0.2, -0.15) is 0 Å². The maximum Gasteiger partial charge on any atom is 0.339 e. The number of carbonyl (C=O) groups is 2. The van der Waals surface area contributed by atoms with Gasteiger partial charge in [-0.25, -0.2) is 4.79 Å². The molecule has 3 aromatic carbocycles. The summed E-state index contributed by atoms with van der Waals surface area (Å²) in [7, 11) is 1.29. The summed E-state index contributed by atoms with van der Waals surface area (Å²) in [6.07, 6.45) is 0. The van der Waals surface area contributed by atoms with Gasteiger partial charge in [0.25, 0.3) is 0 Å². The quantitative estimate of drug-likeness (QED) is 0.397. The van der Waals surface area contributed by atoms with Crippen LogP contribution in [0.25, 0.3) is 0 Å². The molecule has 0 heterocycles. The van der Waals surface area contributed by atoms with Gasteiger partial charge in [-0.05, 0) is 42.3 Å². The maximum absolute atomic E-state index is 13.2. The zero-order valence-electron chi connectivity index (χ0n) is 15.8. The second kappa shape index (κ2) is 8.39. The van der Waals surface area contributed by atoms with E-state index < -0.39 is 5.97 Å². The second-order valence-corrected chi connectivity index (χ2v) is 6.29. The van der Waals surface area contributed by atoms with Crippen LogP contribution < -0.4 is 10.5 Å². The van der Waals surface area contributed by atoms with Crippen molar-refractivity contribution in [1.82, 2.24) is 0 Å². The van der Waals surface area contributed by atoms with Gasteiger partial charge in [0.1, 0.15) is 12.4 Å². The number of anilines is 1. The third-order valence-electron chi connectivity index (χ3n) is 4.53. The van der Waals surface area contributed by atoms with Crippen molar-refractivity contribution >= 4 is 17.4 Å². The zero-order chi connectivity index (χ0) is 20.1. The van der Waals surface area contributed by atoms with Gasteiger partial charge >= 0.3 is 5.97 Å². The Labute approximate surface area is 163 Å². The summed E-state index contributed by atoms with van der Waals surface area (Å²) in [5, 5.41) is 0. The normalized spacial score (nSPS) is 10.4. The van der Waals surface area contributed by atoms with E-state index in [1.54, 1.807) is 31.2 Å². The summed E-state index contributed by atoms with van der Waals surface area (Å²) in [4.78, 5) is 25.0. The molecule has 5 nitrogen and oxygen atoms in total. The number of hydrogen-bond acceptors (Lipinski definition) is 5. The lowest BCUT2D eigenvalue weighted by molar-refractivity contribution is 0.0601. The molecule has 0 fully saturated rings. The molecule has 0 atom stereocenters. The minimum absolute atomic E-state index is 0.218. The van der Waals surface area contributed by atoms with Crippen molar-refractivity contribution in [2.45, 2.75) is 13.5 Å². The van der Waals surface area contributed by atoms with E-state index >= 15 is 0 Å². The molecule has 0 aromatic heterocycles. The lowest BCUT2D eigenvalue weighted by atomic mass is 9.95. The highest BCUT2D eigenvalue weighted by atomic mass is 16.5. The van der Waals surface area contributed by atoms with Crippen LogP contribution in [0, 0.1) is 6.92 Å². The minimum atomic E-state index is -0.536. The number of methoxy groups -OCH3 is 1. The second-order valence-electron chi connectivity index (χ2n) is 6.29. The van der Waals surface area contributed by atoms with Crippen molar-refractivity contribution in [3.05, 3.63) is 94.5 Å². The Morgan fingerprint density at radius 1 is 0.857 bits per heavy atom. The van der Waals surface area contributed by atoms with E-state index in [0.717, 1.165) is 5.56 Å². The first-order valence-corrected chi connectivity index (χ1v) is 8.80. The molecule has 0 saturated heterocycles. The van der Waals surface area contributed by atoms with Crippen LogP contribution >= 0.6 is 0 Å². The third kappa shape index (κ3) is 3.88. The number of carbonyl (C=O) groups excluding carboxylic acids is 2. The van der Waals surface area contributed by atoms with Crippen molar-refractivity contribution < 1.29 is 19.1 Å². The van der Waals surface area contributed by atoms with E-state index in [2.05, 4.69) is 0 Å². The molecule has 0 unspecified atom stereocenters. The SMILES string of the molecule is COC(=O)c1ccc(C(=O)c2ccccc2OCc2ccccc2)c(C)c1N. The van der Waals surface area contributed by atoms with Crippen LogP contribution in [0.4, 0.5) is 5.69 Å². The fourth-order valence-electron chi connectivity index (χ4n) is 2.92. The first kappa shape index (κ1) is 19.2. The van der Waals surface area contributed by atoms with Gasteiger partial charge < -0.3 is 15.2 Å². The van der Waals surface area contributed by atoms with Crippen molar-refractivity contribution in [2.75, 3.05) is 12.8 Å². The largest absolute Gasteiger partial charge is 0.488 e. The predicted octanol–water partition coefficient (Wildman–Crippen LogP) is 4.17.